The highest BCUT2D eigenvalue weighted by Crippen LogP contribution is 2.23. The zero-order chi connectivity index (χ0) is 15.9. The third kappa shape index (κ3) is 4.49. The summed E-state index contributed by atoms with van der Waals surface area (Å²) >= 11 is 2.18. The Morgan fingerprint density at radius 2 is 1.73 bits per heavy atom. The first kappa shape index (κ1) is 16.4. The highest BCUT2D eigenvalue weighted by Gasteiger charge is 2.03. The Balaban J connectivity index is 2.11. The number of para-hydroxylation sites is 1. The van der Waals surface area contributed by atoms with Gasteiger partial charge in [0.2, 0.25) is 5.91 Å². The molecule has 0 atom stereocenters. The normalized spacial score (nSPS) is 10.5. The molecule has 22 heavy (non-hydrogen) atoms. The Morgan fingerprint density at radius 3 is 2.32 bits per heavy atom. The number of ether oxygens (including phenoxy) is 2. The third-order valence-corrected chi connectivity index (χ3v) is 3.87. The van der Waals surface area contributed by atoms with Gasteiger partial charge in [0.05, 0.1) is 19.9 Å². The molecule has 0 unspecified atom stereocenters. The fraction of sp³-hybridized carbons (Fsp3) is 0.118. The lowest BCUT2D eigenvalue weighted by atomic mass is 10.2. The maximum Gasteiger partial charge on any atom is 0.248 e. The van der Waals surface area contributed by atoms with Gasteiger partial charge in [-0.3, -0.25) is 4.79 Å². The molecule has 0 saturated carbocycles. The number of nitrogens with one attached hydrogen (secondary N) is 1. The van der Waals surface area contributed by atoms with Gasteiger partial charge < -0.3 is 14.8 Å². The second kappa shape index (κ2) is 7.84. The van der Waals surface area contributed by atoms with Crippen LogP contribution in [0, 0.1) is 3.57 Å². The molecule has 0 fully saturated rings. The highest BCUT2D eigenvalue weighted by molar-refractivity contribution is 14.1. The molecule has 0 aromatic heterocycles. The minimum atomic E-state index is -0.189. The highest BCUT2D eigenvalue weighted by atomic mass is 127. The first-order valence-corrected chi connectivity index (χ1v) is 7.67. The standard InChI is InChI=1S/C17H16INO3/c1-21-13-9-12(10-14(11-13)22-2)7-8-17(20)19-16-6-4-3-5-15(16)18/h3-11H,1-2H3,(H,19,20)/b8-7+. The topological polar surface area (TPSA) is 47.6 Å². The number of amides is 1. The maximum atomic E-state index is 12.0. The van der Waals surface area contributed by atoms with Crippen molar-refractivity contribution in [1.29, 1.82) is 0 Å². The molecule has 2 aromatic carbocycles. The number of benzene rings is 2. The van der Waals surface area contributed by atoms with Gasteiger partial charge in [0.1, 0.15) is 11.5 Å². The second-order valence-electron chi connectivity index (χ2n) is 4.45. The molecule has 0 bridgehead atoms. The van der Waals surface area contributed by atoms with Crippen molar-refractivity contribution in [2.75, 3.05) is 19.5 Å². The summed E-state index contributed by atoms with van der Waals surface area (Å²) < 4.78 is 11.4. The van der Waals surface area contributed by atoms with E-state index in [9.17, 15) is 4.79 Å². The van der Waals surface area contributed by atoms with Crippen LogP contribution in [0.1, 0.15) is 5.56 Å². The van der Waals surface area contributed by atoms with E-state index >= 15 is 0 Å². The molecule has 0 saturated heterocycles. The number of hydrogen-bond donors (Lipinski definition) is 1. The third-order valence-electron chi connectivity index (χ3n) is 2.93. The van der Waals surface area contributed by atoms with Gasteiger partial charge in [-0.1, -0.05) is 12.1 Å². The van der Waals surface area contributed by atoms with Crippen LogP contribution in [0.5, 0.6) is 11.5 Å². The van der Waals surface area contributed by atoms with Crippen molar-refractivity contribution >= 4 is 40.3 Å². The van der Waals surface area contributed by atoms with Crippen LogP contribution < -0.4 is 14.8 Å². The average Bonchev–Trinajstić information content (AvgIpc) is 2.54. The van der Waals surface area contributed by atoms with Crippen molar-refractivity contribution in [3.05, 3.63) is 57.7 Å². The Kier molecular flexibility index (Phi) is 5.83. The molecule has 4 nitrogen and oxygen atoms in total. The van der Waals surface area contributed by atoms with Crippen molar-refractivity contribution in [3.8, 4) is 11.5 Å². The van der Waals surface area contributed by atoms with Gasteiger partial charge in [0.15, 0.2) is 0 Å². The minimum Gasteiger partial charge on any atom is -0.497 e. The predicted octanol–water partition coefficient (Wildman–Crippen LogP) is 3.96. The monoisotopic (exact) mass is 409 g/mol. The summed E-state index contributed by atoms with van der Waals surface area (Å²) in [4.78, 5) is 12.0. The van der Waals surface area contributed by atoms with Crippen molar-refractivity contribution < 1.29 is 14.3 Å². The van der Waals surface area contributed by atoms with Gasteiger partial charge in [0, 0.05) is 15.7 Å². The van der Waals surface area contributed by atoms with Crippen LogP contribution in [0.3, 0.4) is 0 Å². The summed E-state index contributed by atoms with van der Waals surface area (Å²) in [7, 11) is 3.18. The number of hydrogen-bond acceptors (Lipinski definition) is 3. The summed E-state index contributed by atoms with van der Waals surface area (Å²) in [5, 5.41) is 2.84. The summed E-state index contributed by atoms with van der Waals surface area (Å²) in [5.74, 6) is 1.17. The van der Waals surface area contributed by atoms with Gasteiger partial charge >= 0.3 is 0 Å². The van der Waals surface area contributed by atoms with E-state index in [2.05, 4.69) is 27.9 Å². The van der Waals surface area contributed by atoms with Gasteiger partial charge in [-0.2, -0.15) is 0 Å². The summed E-state index contributed by atoms with van der Waals surface area (Å²) in [6, 6.07) is 13.1. The molecule has 5 heteroatoms. The minimum absolute atomic E-state index is 0.189. The van der Waals surface area contributed by atoms with Crippen LogP contribution in [0.4, 0.5) is 5.69 Å². The Morgan fingerprint density at radius 1 is 1.09 bits per heavy atom. The first-order chi connectivity index (χ1) is 10.6. The Labute approximate surface area is 143 Å². The summed E-state index contributed by atoms with van der Waals surface area (Å²) in [6.07, 6.45) is 3.20. The molecule has 2 rings (SSSR count). The van der Waals surface area contributed by atoms with Crippen LogP contribution in [0.2, 0.25) is 0 Å². The number of anilines is 1. The SMILES string of the molecule is COc1cc(/C=C/C(=O)Nc2ccccc2I)cc(OC)c1. The van der Waals surface area contributed by atoms with E-state index in [-0.39, 0.29) is 5.91 Å². The number of rotatable bonds is 5. The van der Waals surface area contributed by atoms with E-state index in [4.69, 9.17) is 9.47 Å². The van der Waals surface area contributed by atoms with Crippen LogP contribution >= 0.6 is 22.6 Å². The molecule has 2 aromatic rings. The number of carbonyl (C=O) groups excluding carboxylic acids is 1. The first-order valence-electron chi connectivity index (χ1n) is 6.59. The average molecular weight is 409 g/mol. The van der Waals surface area contributed by atoms with Gasteiger partial charge in [0.25, 0.3) is 0 Å². The van der Waals surface area contributed by atoms with Crippen LogP contribution in [0.25, 0.3) is 6.08 Å². The van der Waals surface area contributed by atoms with E-state index < -0.39 is 0 Å². The largest absolute Gasteiger partial charge is 0.497 e. The number of carbonyl (C=O) groups is 1. The quantitative estimate of drug-likeness (QED) is 0.601. The number of methoxy groups -OCH3 is 2. The molecule has 114 valence electrons. The molecule has 1 amide bonds. The Bertz CT molecular complexity index is 676. The fourth-order valence-corrected chi connectivity index (χ4v) is 2.36. The lowest BCUT2D eigenvalue weighted by Crippen LogP contribution is -2.08. The van der Waals surface area contributed by atoms with E-state index in [1.807, 2.05) is 36.4 Å². The number of halogens is 1. The molecule has 1 N–H and O–H groups in total. The molecular weight excluding hydrogens is 393 g/mol. The van der Waals surface area contributed by atoms with Gasteiger partial charge in [-0.15, -0.1) is 0 Å². The van der Waals surface area contributed by atoms with Crippen LogP contribution in [-0.4, -0.2) is 20.1 Å². The fourth-order valence-electron chi connectivity index (χ4n) is 1.83. The van der Waals surface area contributed by atoms with Crippen LogP contribution in [0.15, 0.2) is 48.5 Å². The van der Waals surface area contributed by atoms with E-state index in [1.165, 1.54) is 6.08 Å². The van der Waals surface area contributed by atoms with Crippen molar-refractivity contribution in [1.82, 2.24) is 0 Å². The molecular formula is C17H16INO3. The summed E-state index contributed by atoms with van der Waals surface area (Å²) in [5.41, 5.74) is 1.62. The molecule has 0 aliphatic carbocycles. The van der Waals surface area contributed by atoms with Crippen molar-refractivity contribution in [3.63, 3.8) is 0 Å². The molecule has 0 radical (unpaired) electrons. The van der Waals surface area contributed by atoms with E-state index in [1.54, 1.807) is 26.4 Å². The molecule has 0 spiro atoms. The van der Waals surface area contributed by atoms with Crippen LogP contribution in [-0.2, 0) is 4.79 Å². The Hall–Kier alpha value is -2.02. The zero-order valence-electron chi connectivity index (χ0n) is 12.3. The van der Waals surface area contributed by atoms with Crippen molar-refractivity contribution in [2.45, 2.75) is 0 Å². The maximum absolute atomic E-state index is 12.0. The molecule has 0 heterocycles. The lowest BCUT2D eigenvalue weighted by molar-refractivity contribution is -0.111. The zero-order valence-corrected chi connectivity index (χ0v) is 14.5. The summed E-state index contributed by atoms with van der Waals surface area (Å²) in [6.45, 7) is 0. The van der Waals surface area contributed by atoms with Crippen molar-refractivity contribution in [2.24, 2.45) is 0 Å². The lowest BCUT2D eigenvalue weighted by Gasteiger charge is -2.06. The predicted molar refractivity (Wildman–Crippen MR) is 96.4 cm³/mol. The van der Waals surface area contributed by atoms with Gasteiger partial charge in [-0.25, -0.2) is 0 Å². The smallest absolute Gasteiger partial charge is 0.248 e. The van der Waals surface area contributed by atoms with Gasteiger partial charge in [-0.05, 0) is 58.5 Å². The molecule has 0 aliphatic heterocycles. The van der Waals surface area contributed by atoms with E-state index in [0.717, 1.165) is 14.8 Å². The molecule has 0 aliphatic rings. The van der Waals surface area contributed by atoms with E-state index in [0.29, 0.717) is 11.5 Å². The second-order valence-corrected chi connectivity index (χ2v) is 5.61.